The van der Waals surface area contributed by atoms with Crippen LogP contribution in [0.3, 0.4) is 0 Å². The van der Waals surface area contributed by atoms with Crippen LogP contribution in [-0.2, 0) is 5.75 Å². The van der Waals surface area contributed by atoms with Crippen molar-refractivity contribution in [2.24, 2.45) is 0 Å². The van der Waals surface area contributed by atoms with E-state index in [-0.39, 0.29) is 11.4 Å². The number of hydrogen-bond acceptors (Lipinski definition) is 7. The number of nitrogens with zero attached hydrogens (tertiary/aromatic N) is 5. The minimum atomic E-state index is -4.76. The van der Waals surface area contributed by atoms with Crippen LogP contribution in [0.1, 0.15) is 5.56 Å². The van der Waals surface area contributed by atoms with Gasteiger partial charge in [-0.25, -0.2) is 0 Å². The van der Waals surface area contributed by atoms with Crippen LogP contribution in [0.4, 0.5) is 18.9 Å². The number of aromatic nitrogens is 4. The molecule has 0 aliphatic rings. The quantitative estimate of drug-likeness (QED) is 0.355. The minimum absolute atomic E-state index is 0.00486. The lowest BCUT2D eigenvalue weighted by Gasteiger charge is -2.09. The highest BCUT2D eigenvalue weighted by molar-refractivity contribution is 7.98. The zero-order valence-corrected chi connectivity index (χ0v) is 14.1. The van der Waals surface area contributed by atoms with Crippen LogP contribution in [0.5, 0.6) is 5.75 Å². The molecule has 0 amide bonds. The average Bonchev–Trinajstić information content (AvgIpc) is 3.08. The van der Waals surface area contributed by atoms with Gasteiger partial charge in [-0.2, -0.15) is 4.68 Å². The fraction of sp³-hybridized carbons (Fsp3) is 0.133. The van der Waals surface area contributed by atoms with Gasteiger partial charge in [0.15, 0.2) is 0 Å². The Morgan fingerprint density at radius 2 is 1.78 bits per heavy atom. The summed E-state index contributed by atoms with van der Waals surface area (Å²) in [6.45, 7) is 0. The van der Waals surface area contributed by atoms with Crippen LogP contribution >= 0.6 is 11.8 Å². The molecule has 27 heavy (non-hydrogen) atoms. The fourth-order valence-corrected chi connectivity index (χ4v) is 2.93. The molecule has 0 fully saturated rings. The molecule has 0 saturated heterocycles. The van der Waals surface area contributed by atoms with E-state index < -0.39 is 11.3 Å². The lowest BCUT2D eigenvalue weighted by molar-refractivity contribution is -0.384. The summed E-state index contributed by atoms with van der Waals surface area (Å²) in [5.74, 6) is 0.104. The van der Waals surface area contributed by atoms with Crippen molar-refractivity contribution in [3.05, 3.63) is 64.2 Å². The SMILES string of the molecule is O=[N+]([O-])c1ccc(CSc2nnnn2-c2ccc(OC(F)(F)F)cc2)cc1. The maximum atomic E-state index is 12.2. The van der Waals surface area contributed by atoms with Gasteiger partial charge in [0.05, 0.1) is 10.6 Å². The lowest BCUT2D eigenvalue weighted by Crippen LogP contribution is -2.17. The molecule has 1 aromatic heterocycles. The van der Waals surface area contributed by atoms with Crippen molar-refractivity contribution < 1.29 is 22.8 Å². The largest absolute Gasteiger partial charge is 0.573 e. The number of nitro groups is 1. The van der Waals surface area contributed by atoms with Gasteiger partial charge < -0.3 is 4.74 Å². The van der Waals surface area contributed by atoms with Crippen LogP contribution < -0.4 is 4.74 Å². The number of benzene rings is 2. The van der Waals surface area contributed by atoms with Crippen molar-refractivity contribution in [2.75, 3.05) is 0 Å². The highest BCUT2D eigenvalue weighted by Crippen LogP contribution is 2.26. The number of halogens is 3. The Morgan fingerprint density at radius 3 is 2.37 bits per heavy atom. The van der Waals surface area contributed by atoms with E-state index in [2.05, 4.69) is 20.3 Å². The fourth-order valence-electron chi connectivity index (χ4n) is 2.08. The van der Waals surface area contributed by atoms with Gasteiger partial charge in [-0.3, -0.25) is 10.1 Å². The van der Waals surface area contributed by atoms with E-state index in [1.165, 1.54) is 40.7 Å². The van der Waals surface area contributed by atoms with Crippen molar-refractivity contribution in [2.45, 2.75) is 17.3 Å². The molecule has 140 valence electrons. The van der Waals surface area contributed by atoms with E-state index in [9.17, 15) is 23.3 Å². The Balaban J connectivity index is 1.69. The molecule has 0 N–H and O–H groups in total. The standard InChI is InChI=1S/C15H10F3N5O3S/c16-15(17,18)26-13-7-5-11(6-8-13)22-14(19-20-21-22)27-9-10-1-3-12(4-2-10)23(24)25/h1-8H,9H2. The topological polar surface area (TPSA) is 96.0 Å². The van der Waals surface area contributed by atoms with Crippen LogP contribution in [0.25, 0.3) is 5.69 Å². The molecular formula is C15H10F3N5O3S. The molecule has 12 heteroatoms. The van der Waals surface area contributed by atoms with Gasteiger partial charge in [-0.05, 0) is 40.3 Å². The molecule has 0 bridgehead atoms. The van der Waals surface area contributed by atoms with Gasteiger partial charge in [0, 0.05) is 17.9 Å². The summed E-state index contributed by atoms with van der Waals surface area (Å²) in [5.41, 5.74) is 1.28. The lowest BCUT2D eigenvalue weighted by atomic mass is 10.2. The van der Waals surface area contributed by atoms with Crippen molar-refractivity contribution >= 4 is 17.4 Å². The van der Waals surface area contributed by atoms with Gasteiger partial charge in [0.1, 0.15) is 5.75 Å². The number of tetrazole rings is 1. The van der Waals surface area contributed by atoms with Crippen LogP contribution in [0.2, 0.25) is 0 Å². The molecule has 1 heterocycles. The summed E-state index contributed by atoms with van der Waals surface area (Å²) >= 11 is 1.28. The van der Waals surface area contributed by atoms with E-state index in [1.54, 1.807) is 12.1 Å². The number of alkyl halides is 3. The highest BCUT2D eigenvalue weighted by atomic mass is 32.2. The third kappa shape index (κ3) is 4.94. The van der Waals surface area contributed by atoms with E-state index in [0.29, 0.717) is 16.6 Å². The molecule has 0 atom stereocenters. The Labute approximate surface area is 154 Å². The number of thioether (sulfide) groups is 1. The summed E-state index contributed by atoms with van der Waals surface area (Å²) in [6.07, 6.45) is -4.76. The Bertz CT molecular complexity index is 929. The van der Waals surface area contributed by atoms with Gasteiger partial charge in [0.25, 0.3) is 5.69 Å². The third-order valence-corrected chi connectivity index (χ3v) is 4.26. The maximum absolute atomic E-state index is 12.2. The number of ether oxygens (including phenoxy) is 1. The molecule has 2 aromatic carbocycles. The molecule has 3 rings (SSSR count). The Morgan fingerprint density at radius 1 is 1.11 bits per heavy atom. The molecule has 0 aliphatic carbocycles. The summed E-state index contributed by atoms with van der Waals surface area (Å²) in [6, 6.07) is 11.2. The normalized spacial score (nSPS) is 11.4. The van der Waals surface area contributed by atoms with Gasteiger partial charge in [0.2, 0.25) is 5.16 Å². The molecule has 0 spiro atoms. The van der Waals surface area contributed by atoms with E-state index >= 15 is 0 Å². The first-order valence-corrected chi connectivity index (χ1v) is 8.31. The number of rotatable bonds is 6. The third-order valence-electron chi connectivity index (χ3n) is 3.27. The van der Waals surface area contributed by atoms with Crippen LogP contribution in [-0.4, -0.2) is 31.5 Å². The number of nitro benzene ring substituents is 1. The first-order valence-electron chi connectivity index (χ1n) is 7.32. The van der Waals surface area contributed by atoms with E-state index in [4.69, 9.17) is 0 Å². The molecule has 0 radical (unpaired) electrons. The first kappa shape index (κ1) is 18.6. The van der Waals surface area contributed by atoms with Crippen LogP contribution in [0.15, 0.2) is 53.7 Å². The molecule has 0 unspecified atom stereocenters. The van der Waals surface area contributed by atoms with Crippen molar-refractivity contribution in [3.63, 3.8) is 0 Å². The highest BCUT2D eigenvalue weighted by Gasteiger charge is 2.31. The second-order valence-corrected chi connectivity index (χ2v) is 6.07. The predicted molar refractivity (Wildman–Crippen MR) is 88.5 cm³/mol. The second-order valence-electron chi connectivity index (χ2n) is 5.13. The zero-order chi connectivity index (χ0) is 19.4. The first-order chi connectivity index (χ1) is 12.8. The molecule has 0 saturated carbocycles. The number of non-ortho nitro benzene ring substituents is 1. The molecular weight excluding hydrogens is 387 g/mol. The Hall–Kier alpha value is -3.15. The molecule has 8 nitrogen and oxygen atoms in total. The van der Waals surface area contributed by atoms with Crippen molar-refractivity contribution in [1.82, 2.24) is 20.2 Å². The second kappa shape index (κ2) is 7.61. The molecule has 0 aliphatic heterocycles. The van der Waals surface area contributed by atoms with Gasteiger partial charge >= 0.3 is 6.36 Å². The Kier molecular flexibility index (Phi) is 5.26. The summed E-state index contributed by atoms with van der Waals surface area (Å²) in [5, 5.41) is 22.3. The summed E-state index contributed by atoms with van der Waals surface area (Å²) in [4.78, 5) is 10.2. The monoisotopic (exact) mass is 397 g/mol. The predicted octanol–water partition coefficient (Wildman–Crippen LogP) is 3.76. The summed E-state index contributed by atoms with van der Waals surface area (Å²) in [7, 11) is 0. The smallest absolute Gasteiger partial charge is 0.406 e. The van der Waals surface area contributed by atoms with E-state index in [1.807, 2.05) is 0 Å². The van der Waals surface area contributed by atoms with Crippen molar-refractivity contribution in [3.8, 4) is 11.4 Å². The van der Waals surface area contributed by atoms with Gasteiger partial charge in [-0.1, -0.05) is 23.9 Å². The number of hydrogen-bond donors (Lipinski definition) is 0. The van der Waals surface area contributed by atoms with Gasteiger partial charge in [-0.15, -0.1) is 18.3 Å². The molecule has 3 aromatic rings. The van der Waals surface area contributed by atoms with Crippen molar-refractivity contribution in [1.29, 1.82) is 0 Å². The minimum Gasteiger partial charge on any atom is -0.406 e. The summed E-state index contributed by atoms with van der Waals surface area (Å²) < 4.78 is 41.8. The zero-order valence-electron chi connectivity index (χ0n) is 13.3. The average molecular weight is 397 g/mol. The van der Waals surface area contributed by atoms with E-state index in [0.717, 1.165) is 17.7 Å². The maximum Gasteiger partial charge on any atom is 0.573 e. The van der Waals surface area contributed by atoms with Crippen LogP contribution in [0, 0.1) is 10.1 Å².